The Labute approximate surface area is 183 Å². The van der Waals surface area contributed by atoms with E-state index in [2.05, 4.69) is 9.80 Å². The van der Waals surface area contributed by atoms with Crippen LogP contribution in [0.5, 0.6) is 11.5 Å². The van der Waals surface area contributed by atoms with E-state index in [-0.39, 0.29) is 5.78 Å². The van der Waals surface area contributed by atoms with Crippen LogP contribution < -0.4 is 9.47 Å². The van der Waals surface area contributed by atoms with Gasteiger partial charge in [-0.05, 0) is 49.2 Å². The summed E-state index contributed by atoms with van der Waals surface area (Å²) in [6.07, 6.45) is 2.92. The monoisotopic (exact) mass is 420 g/mol. The number of nitrogens with zero attached hydrogens (tertiary/aromatic N) is 2. The molecule has 6 heteroatoms. The second kappa shape index (κ2) is 8.83. The number of carbonyl (C=O) groups excluding carboxylic acids is 1. The quantitative estimate of drug-likeness (QED) is 0.691. The minimum atomic E-state index is -0.0644. The summed E-state index contributed by atoms with van der Waals surface area (Å²) in [5, 5.41) is 0. The summed E-state index contributed by atoms with van der Waals surface area (Å²) in [5.74, 6) is 1.78. The molecule has 0 spiro atoms. The number of rotatable bonds is 5. The van der Waals surface area contributed by atoms with Gasteiger partial charge in [-0.1, -0.05) is 24.3 Å². The number of carbonyl (C=O) groups is 1. The van der Waals surface area contributed by atoms with Gasteiger partial charge >= 0.3 is 0 Å². The number of aryl methyl sites for hydroxylation is 1. The van der Waals surface area contributed by atoms with Crippen molar-refractivity contribution in [3.05, 3.63) is 64.4 Å². The van der Waals surface area contributed by atoms with Crippen LogP contribution in [0.1, 0.15) is 33.5 Å². The maximum Gasteiger partial charge on any atom is 0.231 e. The van der Waals surface area contributed by atoms with Gasteiger partial charge in [-0.15, -0.1) is 0 Å². The highest BCUT2D eigenvalue weighted by Crippen LogP contribution is 2.42. The van der Waals surface area contributed by atoms with E-state index in [1.54, 1.807) is 0 Å². The number of Topliss-reactive ketones (excluding diaryl/α,β-unsaturated/α-hetero) is 1. The minimum Gasteiger partial charge on any atom is -0.478 e. The van der Waals surface area contributed by atoms with Crippen molar-refractivity contribution in [1.29, 1.82) is 0 Å². The molecule has 5 rings (SSSR count). The van der Waals surface area contributed by atoms with Crippen LogP contribution in [0.3, 0.4) is 0 Å². The zero-order chi connectivity index (χ0) is 21.2. The zero-order valence-corrected chi connectivity index (χ0v) is 17.9. The van der Waals surface area contributed by atoms with Crippen LogP contribution in [-0.4, -0.2) is 61.7 Å². The first-order valence-electron chi connectivity index (χ1n) is 11.0. The van der Waals surface area contributed by atoms with Crippen LogP contribution in [-0.2, 0) is 11.3 Å². The van der Waals surface area contributed by atoms with Gasteiger partial charge in [0.2, 0.25) is 5.78 Å². The first-order chi connectivity index (χ1) is 15.2. The maximum atomic E-state index is 13.0. The molecule has 0 N–H and O–H groups in total. The van der Waals surface area contributed by atoms with Gasteiger partial charge in [0, 0.05) is 26.2 Å². The van der Waals surface area contributed by atoms with Crippen molar-refractivity contribution in [2.45, 2.75) is 19.9 Å². The van der Waals surface area contributed by atoms with Crippen molar-refractivity contribution in [3.8, 4) is 11.5 Å². The first-order valence-corrected chi connectivity index (χ1v) is 11.0. The molecule has 0 unspecified atom stereocenters. The highest BCUT2D eigenvalue weighted by molar-refractivity contribution is 6.15. The Hall–Kier alpha value is -2.67. The number of ether oxygens (including phenoxy) is 3. The largest absolute Gasteiger partial charge is 0.478 e. The van der Waals surface area contributed by atoms with Crippen LogP contribution in [0, 0.1) is 6.92 Å². The highest BCUT2D eigenvalue weighted by atomic mass is 16.5. The van der Waals surface area contributed by atoms with Gasteiger partial charge in [0.25, 0.3) is 0 Å². The smallest absolute Gasteiger partial charge is 0.231 e. The van der Waals surface area contributed by atoms with Gasteiger partial charge in [-0.3, -0.25) is 14.6 Å². The van der Waals surface area contributed by atoms with Gasteiger partial charge in [0.15, 0.2) is 5.76 Å². The topological polar surface area (TPSA) is 51.2 Å². The Morgan fingerprint density at radius 1 is 1.03 bits per heavy atom. The molecule has 162 valence electrons. The summed E-state index contributed by atoms with van der Waals surface area (Å²) in [6, 6.07) is 11.7. The highest BCUT2D eigenvalue weighted by Gasteiger charge is 2.33. The molecule has 0 saturated carbocycles. The van der Waals surface area contributed by atoms with Gasteiger partial charge in [-0.2, -0.15) is 0 Å². The van der Waals surface area contributed by atoms with Crippen LogP contribution in [0.15, 0.2) is 42.2 Å². The van der Waals surface area contributed by atoms with E-state index in [9.17, 15) is 4.79 Å². The van der Waals surface area contributed by atoms with Crippen molar-refractivity contribution in [3.63, 3.8) is 0 Å². The fourth-order valence-electron chi connectivity index (χ4n) is 4.38. The molecule has 3 aliphatic rings. The van der Waals surface area contributed by atoms with Gasteiger partial charge in [0.1, 0.15) is 18.2 Å². The summed E-state index contributed by atoms with van der Waals surface area (Å²) in [6.45, 7) is 9.02. The molecule has 2 aromatic rings. The third-order valence-corrected chi connectivity index (χ3v) is 6.21. The summed E-state index contributed by atoms with van der Waals surface area (Å²) in [7, 11) is 0. The van der Waals surface area contributed by atoms with E-state index in [0.29, 0.717) is 23.8 Å². The van der Waals surface area contributed by atoms with E-state index >= 15 is 0 Å². The van der Waals surface area contributed by atoms with Crippen LogP contribution >= 0.6 is 0 Å². The molecule has 3 aliphatic heterocycles. The third-order valence-electron chi connectivity index (χ3n) is 6.21. The lowest BCUT2D eigenvalue weighted by molar-refractivity contribution is 0.0329. The maximum absolute atomic E-state index is 13.0. The zero-order valence-electron chi connectivity index (χ0n) is 17.9. The molecule has 0 atom stereocenters. The average molecular weight is 421 g/mol. The normalized spacial score (nSPS) is 20.3. The van der Waals surface area contributed by atoms with Gasteiger partial charge < -0.3 is 14.2 Å². The molecule has 1 saturated heterocycles. The summed E-state index contributed by atoms with van der Waals surface area (Å²) in [4.78, 5) is 17.7. The number of hydrogen-bond acceptors (Lipinski definition) is 6. The number of allylic oxidation sites excluding steroid dienone is 1. The van der Waals surface area contributed by atoms with E-state index in [1.165, 1.54) is 0 Å². The van der Waals surface area contributed by atoms with Crippen molar-refractivity contribution in [1.82, 2.24) is 9.80 Å². The predicted molar refractivity (Wildman–Crippen MR) is 118 cm³/mol. The molecule has 0 amide bonds. The minimum absolute atomic E-state index is 0.0644. The summed E-state index contributed by atoms with van der Waals surface area (Å²) < 4.78 is 17.5. The Bertz CT molecular complexity index is 1010. The van der Waals surface area contributed by atoms with Crippen LogP contribution in [0.25, 0.3) is 6.08 Å². The Kier molecular flexibility index (Phi) is 5.76. The molecule has 31 heavy (non-hydrogen) atoms. The number of fused-ring (bicyclic) bond motifs is 3. The molecule has 2 aromatic carbocycles. The van der Waals surface area contributed by atoms with E-state index < -0.39 is 0 Å². The second-order valence-electron chi connectivity index (χ2n) is 8.35. The van der Waals surface area contributed by atoms with E-state index in [1.807, 2.05) is 49.4 Å². The second-order valence-corrected chi connectivity index (χ2v) is 8.35. The third kappa shape index (κ3) is 4.24. The lowest BCUT2D eigenvalue weighted by Gasteiger charge is -2.31. The Morgan fingerprint density at radius 2 is 1.84 bits per heavy atom. The molecule has 3 heterocycles. The standard InChI is InChI=1S/C25H28N2O4/c1-18-5-2-3-6-19(18)15-23-24(28)20-7-8-22-21(25(20)31-23)16-27(17-30-22)10-4-9-26-11-13-29-14-12-26/h2-3,5-8,15H,4,9-14,16-17H2,1H3/b23-15-. The molecule has 0 aliphatic carbocycles. The van der Waals surface area contributed by atoms with Crippen molar-refractivity contribution in [2.24, 2.45) is 0 Å². The number of benzene rings is 2. The molecule has 1 fully saturated rings. The number of hydrogen-bond donors (Lipinski definition) is 0. The Balaban J connectivity index is 1.29. The lowest BCUT2D eigenvalue weighted by atomic mass is 10.0. The molecule has 0 aromatic heterocycles. The summed E-state index contributed by atoms with van der Waals surface area (Å²) in [5.41, 5.74) is 3.70. The van der Waals surface area contributed by atoms with Gasteiger partial charge in [-0.25, -0.2) is 0 Å². The predicted octanol–water partition coefficient (Wildman–Crippen LogP) is 3.49. The van der Waals surface area contributed by atoms with E-state index in [0.717, 1.165) is 74.8 Å². The van der Waals surface area contributed by atoms with Crippen LogP contribution in [0.4, 0.5) is 0 Å². The molecule has 6 nitrogen and oxygen atoms in total. The van der Waals surface area contributed by atoms with Crippen molar-refractivity contribution < 1.29 is 19.0 Å². The average Bonchev–Trinajstić information content (AvgIpc) is 3.12. The molecule has 0 bridgehead atoms. The fourth-order valence-corrected chi connectivity index (χ4v) is 4.38. The molecular weight excluding hydrogens is 392 g/mol. The number of ketones is 1. The molecular formula is C25H28N2O4. The van der Waals surface area contributed by atoms with Crippen LogP contribution in [0.2, 0.25) is 0 Å². The van der Waals surface area contributed by atoms with Crippen molar-refractivity contribution in [2.75, 3.05) is 46.1 Å². The lowest BCUT2D eigenvalue weighted by Crippen LogP contribution is -2.39. The number of morpholine rings is 1. The summed E-state index contributed by atoms with van der Waals surface area (Å²) >= 11 is 0. The van der Waals surface area contributed by atoms with E-state index in [4.69, 9.17) is 14.2 Å². The van der Waals surface area contributed by atoms with Gasteiger partial charge in [0.05, 0.1) is 24.3 Å². The first kappa shape index (κ1) is 20.2. The Morgan fingerprint density at radius 3 is 2.68 bits per heavy atom. The van der Waals surface area contributed by atoms with Crippen molar-refractivity contribution >= 4 is 11.9 Å². The SMILES string of the molecule is Cc1ccccc1/C=C1\Oc2c(ccc3c2CN(CCCN2CCOCC2)CO3)C1=O. The fraction of sp³-hybridized carbons (Fsp3) is 0.400. The molecule has 0 radical (unpaired) electrons.